The monoisotopic (exact) mass is 444 g/mol. The van der Waals surface area contributed by atoms with E-state index < -0.39 is 0 Å². The van der Waals surface area contributed by atoms with Crippen molar-refractivity contribution < 1.29 is 14.4 Å². The van der Waals surface area contributed by atoms with Gasteiger partial charge in [0.1, 0.15) is 0 Å². The van der Waals surface area contributed by atoms with Crippen molar-refractivity contribution in [3.63, 3.8) is 0 Å². The van der Waals surface area contributed by atoms with Gasteiger partial charge in [-0.3, -0.25) is 9.59 Å². The second-order valence-electron chi connectivity index (χ2n) is 6.59. The number of carbonyl (C=O) groups is 3. The van der Waals surface area contributed by atoms with E-state index in [-0.39, 0.29) is 36.5 Å². The minimum Gasteiger partial charge on any atom is -0.355 e. The lowest BCUT2D eigenvalue weighted by Crippen LogP contribution is -2.36. The van der Waals surface area contributed by atoms with Crippen LogP contribution < -0.4 is 21.3 Å². The molecule has 7 nitrogen and oxygen atoms in total. The summed E-state index contributed by atoms with van der Waals surface area (Å²) in [5.74, 6) is 4.94. The molecule has 2 saturated heterocycles. The number of hydrogen-bond donors (Lipinski definition) is 4. The van der Waals surface area contributed by atoms with Crippen LogP contribution in [0.1, 0.15) is 32.1 Å². The summed E-state index contributed by atoms with van der Waals surface area (Å²) in [5, 5.41) is 12.0. The van der Waals surface area contributed by atoms with E-state index in [0.717, 1.165) is 36.5 Å². The van der Waals surface area contributed by atoms with E-state index >= 15 is 0 Å². The van der Waals surface area contributed by atoms with Crippen LogP contribution in [0.3, 0.4) is 0 Å². The first-order valence-corrected chi connectivity index (χ1v) is 13.0. The zero-order chi connectivity index (χ0) is 20.2. The van der Waals surface area contributed by atoms with Gasteiger partial charge in [0.15, 0.2) is 0 Å². The Bertz CT molecular complexity index is 585. The molecule has 0 saturated carbocycles. The predicted octanol–water partition coefficient (Wildman–Crippen LogP) is 1.35. The van der Waals surface area contributed by atoms with Crippen LogP contribution in [0.4, 0.5) is 4.79 Å². The maximum atomic E-state index is 11.9. The van der Waals surface area contributed by atoms with Gasteiger partial charge < -0.3 is 21.3 Å². The molecule has 0 aromatic heterocycles. The number of thioether (sulfide) groups is 1. The Morgan fingerprint density at radius 1 is 1.14 bits per heavy atom. The number of urea groups is 1. The molecule has 2 aliphatic heterocycles. The molecule has 10 heteroatoms. The lowest BCUT2D eigenvalue weighted by Gasteiger charge is -2.16. The summed E-state index contributed by atoms with van der Waals surface area (Å²) in [4.78, 5) is 34.6. The standard InChI is InChI=1S/C18H28N4O3S3/c1-2-8-19-16(24)7-10-27-28-11-9-20-15(23)6-4-3-5-14-17-13(12-26-14)21-18(25)22-17/h1,13-14,17H,3-12H2,(H,19,24)(H,20,23)(H2,21,22,25)/t13-,14-,17-/m0/s1. The molecule has 2 rings (SSSR count). The summed E-state index contributed by atoms with van der Waals surface area (Å²) >= 11 is 1.91. The molecule has 0 radical (unpaired) electrons. The lowest BCUT2D eigenvalue weighted by atomic mass is 10.0. The van der Waals surface area contributed by atoms with E-state index in [1.54, 1.807) is 21.6 Å². The van der Waals surface area contributed by atoms with E-state index in [4.69, 9.17) is 6.42 Å². The third-order valence-electron chi connectivity index (χ3n) is 4.47. The average molecular weight is 445 g/mol. The molecule has 2 fully saturated rings. The zero-order valence-corrected chi connectivity index (χ0v) is 18.3. The molecule has 0 aliphatic carbocycles. The van der Waals surface area contributed by atoms with Crippen LogP contribution in [0, 0.1) is 12.3 Å². The Hall–Kier alpha value is -1.18. The average Bonchev–Trinajstić information content (AvgIpc) is 3.22. The summed E-state index contributed by atoms with van der Waals surface area (Å²) in [6, 6.07) is 0.450. The number of carbonyl (C=O) groups excluding carboxylic acids is 3. The maximum Gasteiger partial charge on any atom is 0.315 e. The van der Waals surface area contributed by atoms with Gasteiger partial charge in [-0.25, -0.2) is 4.79 Å². The number of amides is 4. The Morgan fingerprint density at radius 3 is 2.75 bits per heavy atom. The fraction of sp³-hybridized carbons (Fsp3) is 0.722. The highest BCUT2D eigenvalue weighted by Gasteiger charge is 2.42. The van der Waals surface area contributed by atoms with Gasteiger partial charge >= 0.3 is 6.03 Å². The Kier molecular flexibility index (Phi) is 10.8. The minimum absolute atomic E-state index is 0.0301. The molecule has 28 heavy (non-hydrogen) atoms. The van der Waals surface area contributed by atoms with Crippen molar-refractivity contribution in [2.45, 2.75) is 49.4 Å². The van der Waals surface area contributed by atoms with Crippen molar-refractivity contribution in [2.24, 2.45) is 0 Å². The van der Waals surface area contributed by atoms with Gasteiger partial charge in [-0.15, -0.1) is 6.42 Å². The van der Waals surface area contributed by atoms with Crippen molar-refractivity contribution in [3.05, 3.63) is 0 Å². The number of rotatable bonds is 13. The second-order valence-corrected chi connectivity index (χ2v) is 10.6. The third kappa shape index (κ3) is 8.45. The van der Waals surface area contributed by atoms with Gasteiger partial charge in [0.05, 0.1) is 18.6 Å². The second kappa shape index (κ2) is 13.1. The number of hydrogen-bond acceptors (Lipinski definition) is 6. The van der Waals surface area contributed by atoms with Gasteiger partial charge in [0.25, 0.3) is 0 Å². The van der Waals surface area contributed by atoms with Gasteiger partial charge in [0.2, 0.25) is 11.8 Å². The molecule has 0 spiro atoms. The first kappa shape index (κ1) is 23.1. The van der Waals surface area contributed by atoms with E-state index in [1.807, 2.05) is 11.8 Å². The summed E-state index contributed by atoms with van der Waals surface area (Å²) < 4.78 is 0. The molecule has 0 aromatic rings. The summed E-state index contributed by atoms with van der Waals surface area (Å²) in [7, 11) is 3.28. The third-order valence-corrected chi connectivity index (χ3v) is 8.39. The lowest BCUT2D eigenvalue weighted by molar-refractivity contribution is -0.121. The quantitative estimate of drug-likeness (QED) is 0.148. The molecule has 4 amide bonds. The van der Waals surface area contributed by atoms with Gasteiger partial charge in [-0.05, 0) is 12.8 Å². The Labute approximate surface area is 178 Å². The Balaban J connectivity index is 1.39. The topological polar surface area (TPSA) is 99.3 Å². The molecule has 2 aliphatic rings. The van der Waals surface area contributed by atoms with Crippen LogP contribution in [0.2, 0.25) is 0 Å². The fourth-order valence-electron chi connectivity index (χ4n) is 3.08. The van der Waals surface area contributed by atoms with Crippen LogP contribution in [0.5, 0.6) is 0 Å². The minimum atomic E-state index is -0.0529. The molecule has 0 unspecified atom stereocenters. The van der Waals surface area contributed by atoms with Gasteiger partial charge in [0, 0.05) is 41.9 Å². The summed E-state index contributed by atoms with van der Waals surface area (Å²) in [6.07, 6.45) is 8.97. The zero-order valence-electron chi connectivity index (χ0n) is 15.8. The molecular formula is C18H28N4O3S3. The number of terminal acetylenes is 1. The number of fused-ring (bicyclic) bond motifs is 1. The molecular weight excluding hydrogens is 416 g/mol. The summed E-state index contributed by atoms with van der Waals surface area (Å²) in [6.45, 7) is 0.913. The van der Waals surface area contributed by atoms with Crippen molar-refractivity contribution in [1.29, 1.82) is 0 Å². The highest BCUT2D eigenvalue weighted by atomic mass is 33.1. The van der Waals surface area contributed by atoms with Crippen molar-refractivity contribution in [3.8, 4) is 12.3 Å². The number of unbranched alkanes of at least 4 members (excludes halogenated alkanes) is 1. The Morgan fingerprint density at radius 2 is 1.93 bits per heavy atom. The smallest absolute Gasteiger partial charge is 0.315 e. The molecule has 4 N–H and O–H groups in total. The first-order chi connectivity index (χ1) is 13.6. The van der Waals surface area contributed by atoms with Crippen molar-refractivity contribution in [1.82, 2.24) is 21.3 Å². The fourth-order valence-corrected chi connectivity index (χ4v) is 6.53. The van der Waals surface area contributed by atoms with Crippen molar-refractivity contribution >= 4 is 51.2 Å². The highest BCUT2D eigenvalue weighted by molar-refractivity contribution is 8.76. The van der Waals surface area contributed by atoms with Crippen LogP contribution in [0.15, 0.2) is 0 Å². The summed E-state index contributed by atoms with van der Waals surface area (Å²) in [5.41, 5.74) is 0. The molecule has 3 atom stereocenters. The van der Waals surface area contributed by atoms with Crippen LogP contribution in [-0.4, -0.2) is 65.5 Å². The molecule has 2 heterocycles. The van der Waals surface area contributed by atoms with E-state index in [9.17, 15) is 14.4 Å². The van der Waals surface area contributed by atoms with Crippen LogP contribution >= 0.6 is 33.3 Å². The highest BCUT2D eigenvalue weighted by Crippen LogP contribution is 2.33. The molecule has 0 aromatic carbocycles. The van der Waals surface area contributed by atoms with E-state index in [1.165, 1.54) is 0 Å². The number of nitrogens with one attached hydrogen (secondary N) is 4. The molecule has 156 valence electrons. The molecule has 0 bridgehead atoms. The van der Waals surface area contributed by atoms with Crippen molar-refractivity contribution in [2.75, 3.05) is 30.3 Å². The first-order valence-electron chi connectivity index (χ1n) is 9.50. The van der Waals surface area contributed by atoms with Crippen LogP contribution in [0.25, 0.3) is 0 Å². The predicted molar refractivity (Wildman–Crippen MR) is 118 cm³/mol. The largest absolute Gasteiger partial charge is 0.355 e. The van der Waals surface area contributed by atoms with E-state index in [0.29, 0.717) is 24.6 Å². The maximum absolute atomic E-state index is 11.9. The van der Waals surface area contributed by atoms with Gasteiger partial charge in [-0.2, -0.15) is 11.8 Å². The van der Waals surface area contributed by atoms with E-state index in [2.05, 4.69) is 27.2 Å². The van der Waals surface area contributed by atoms with Crippen LogP contribution in [-0.2, 0) is 9.59 Å². The normalized spacial score (nSPS) is 22.7. The van der Waals surface area contributed by atoms with Gasteiger partial charge in [-0.1, -0.05) is 33.9 Å². The SMILES string of the molecule is C#CCNC(=O)CCSSCCNC(=O)CCCC[C@@H]1SC[C@@H]2NC(=O)N[C@@H]21.